The molecule has 0 radical (unpaired) electrons. The van der Waals surface area contributed by atoms with Gasteiger partial charge in [-0.25, -0.2) is 0 Å². The highest BCUT2D eigenvalue weighted by Gasteiger charge is 2.29. The Bertz CT molecular complexity index is 1680. The summed E-state index contributed by atoms with van der Waals surface area (Å²) in [5, 5.41) is 0. The van der Waals surface area contributed by atoms with Crippen molar-refractivity contribution in [1.82, 2.24) is 0 Å². The highest BCUT2D eigenvalue weighted by Crippen LogP contribution is 2.32. The molecule has 0 bridgehead atoms. The summed E-state index contributed by atoms with van der Waals surface area (Å²) in [7, 11) is 0. The van der Waals surface area contributed by atoms with Crippen LogP contribution in [0.15, 0.2) is 180 Å². The molecule has 5 heteroatoms. The first-order valence-electron chi connectivity index (χ1n) is 15.7. The van der Waals surface area contributed by atoms with Crippen LogP contribution >= 0.6 is 11.8 Å². The highest BCUT2D eigenvalue weighted by molar-refractivity contribution is 7.99. The van der Waals surface area contributed by atoms with E-state index in [0.717, 1.165) is 32.0 Å². The Morgan fingerprint density at radius 2 is 0.638 bits per heavy atom. The molecule has 0 saturated carbocycles. The van der Waals surface area contributed by atoms with Gasteiger partial charge in [-0.05, 0) is 46.5 Å². The normalized spacial score (nSPS) is 12.5. The summed E-state index contributed by atoms with van der Waals surface area (Å²) in [6.45, 7) is 0. The lowest BCUT2D eigenvalue weighted by Gasteiger charge is -2.24. The molecule has 6 aromatic carbocycles. The second-order valence-electron chi connectivity index (χ2n) is 11.5. The van der Waals surface area contributed by atoms with Crippen LogP contribution in [-0.4, -0.2) is 23.7 Å². The van der Waals surface area contributed by atoms with Crippen LogP contribution in [0.2, 0.25) is 0 Å². The van der Waals surface area contributed by atoms with Crippen molar-refractivity contribution in [2.45, 2.75) is 33.7 Å². The van der Waals surface area contributed by atoms with Gasteiger partial charge in [0.25, 0.3) is 0 Å². The van der Waals surface area contributed by atoms with E-state index < -0.39 is 12.1 Å². The maximum absolute atomic E-state index is 13.6. The predicted octanol–water partition coefficient (Wildman–Crippen LogP) is 8.52. The summed E-state index contributed by atoms with van der Waals surface area (Å²) in [5.74, 6) is -0.738. The third-order valence-electron chi connectivity index (χ3n) is 8.47. The van der Waals surface area contributed by atoms with Crippen LogP contribution < -0.4 is 11.5 Å². The molecule has 0 amide bonds. The van der Waals surface area contributed by atoms with Gasteiger partial charge in [-0.1, -0.05) is 157 Å². The summed E-state index contributed by atoms with van der Waals surface area (Å²) in [6, 6.07) is 53.3. The van der Waals surface area contributed by atoms with Crippen molar-refractivity contribution in [2.75, 3.05) is 0 Å². The topological polar surface area (TPSA) is 86.2 Å². The molecule has 4 nitrogen and oxygen atoms in total. The molecule has 2 atom stereocenters. The third-order valence-corrected chi connectivity index (χ3v) is 9.49. The largest absolute Gasteiger partial charge is 0.320 e. The minimum Gasteiger partial charge on any atom is -0.320 e. The minimum absolute atomic E-state index is 0.109. The molecule has 0 aromatic heterocycles. The average Bonchev–Trinajstić information content (AvgIpc) is 3.13. The quantitative estimate of drug-likeness (QED) is 0.132. The molecular weight excluding hydrogens is 597 g/mol. The number of carbonyl (C=O) groups is 2. The van der Waals surface area contributed by atoms with Gasteiger partial charge in [0.2, 0.25) is 0 Å². The second kappa shape index (κ2) is 15.0. The Morgan fingerprint density at radius 3 is 0.894 bits per heavy atom. The lowest BCUT2D eigenvalue weighted by molar-refractivity contribution is 0.0946. The number of ketones is 2. The molecule has 47 heavy (non-hydrogen) atoms. The van der Waals surface area contributed by atoms with Crippen LogP contribution in [0.1, 0.15) is 54.8 Å². The van der Waals surface area contributed by atoms with Gasteiger partial charge in [-0.2, -0.15) is 0 Å². The molecular formula is C42H36N2O2S. The van der Waals surface area contributed by atoms with E-state index in [4.69, 9.17) is 11.5 Å². The number of nitrogens with two attached hydrogens (primary N) is 2. The molecule has 6 rings (SSSR count). The standard InChI is InChI=1S/C42H36N2O2S/c43-39(37(29-13-5-1-6-14-29)30-15-7-2-8-16-30)41(45)33-21-25-35(26-22-33)47-36-27-23-34(24-28-36)42(46)40(44)38(31-17-9-3-10-18-31)32-19-11-4-12-20-32/h1-28,37-40H,43-44H2/t39-,40-/m0/s1. The second-order valence-corrected chi connectivity index (χ2v) is 12.7. The molecule has 0 unspecified atom stereocenters. The molecule has 0 aliphatic rings. The Labute approximate surface area is 280 Å². The first-order valence-corrected chi connectivity index (χ1v) is 16.5. The smallest absolute Gasteiger partial charge is 0.180 e. The van der Waals surface area contributed by atoms with Gasteiger partial charge in [0.15, 0.2) is 11.6 Å². The lowest BCUT2D eigenvalue weighted by Crippen LogP contribution is -2.37. The number of hydrogen-bond acceptors (Lipinski definition) is 5. The van der Waals surface area contributed by atoms with E-state index in [-0.39, 0.29) is 23.4 Å². The fourth-order valence-electron chi connectivity index (χ4n) is 6.05. The van der Waals surface area contributed by atoms with E-state index in [9.17, 15) is 9.59 Å². The molecule has 6 aromatic rings. The van der Waals surface area contributed by atoms with E-state index in [2.05, 4.69) is 0 Å². The molecule has 0 spiro atoms. The Hall–Kier alpha value is -5.07. The van der Waals surface area contributed by atoms with Crippen molar-refractivity contribution in [1.29, 1.82) is 0 Å². The van der Waals surface area contributed by atoms with Gasteiger partial charge >= 0.3 is 0 Å². The van der Waals surface area contributed by atoms with Crippen LogP contribution in [0, 0.1) is 0 Å². The van der Waals surface area contributed by atoms with Crippen LogP contribution in [0.3, 0.4) is 0 Å². The van der Waals surface area contributed by atoms with Gasteiger partial charge in [0.05, 0.1) is 12.1 Å². The molecule has 0 aliphatic heterocycles. The van der Waals surface area contributed by atoms with Crippen molar-refractivity contribution in [2.24, 2.45) is 11.5 Å². The monoisotopic (exact) mass is 632 g/mol. The first-order chi connectivity index (χ1) is 23.0. The number of rotatable bonds is 12. The van der Waals surface area contributed by atoms with E-state index in [1.807, 2.05) is 170 Å². The third kappa shape index (κ3) is 7.50. The van der Waals surface area contributed by atoms with Crippen LogP contribution in [0.4, 0.5) is 0 Å². The average molecular weight is 633 g/mol. The molecule has 232 valence electrons. The Balaban J connectivity index is 1.14. The van der Waals surface area contributed by atoms with Crippen molar-refractivity contribution in [3.8, 4) is 0 Å². The van der Waals surface area contributed by atoms with Gasteiger partial charge in [0.1, 0.15) is 0 Å². The zero-order valence-electron chi connectivity index (χ0n) is 25.9. The van der Waals surface area contributed by atoms with Crippen molar-refractivity contribution < 1.29 is 9.59 Å². The van der Waals surface area contributed by atoms with Gasteiger partial charge in [-0.3, -0.25) is 9.59 Å². The predicted molar refractivity (Wildman–Crippen MR) is 191 cm³/mol. The lowest BCUT2D eigenvalue weighted by atomic mass is 9.82. The Morgan fingerprint density at radius 1 is 0.383 bits per heavy atom. The van der Waals surface area contributed by atoms with Crippen molar-refractivity contribution in [3.63, 3.8) is 0 Å². The van der Waals surface area contributed by atoms with Gasteiger partial charge < -0.3 is 11.5 Å². The molecule has 0 aliphatic carbocycles. The number of benzene rings is 6. The van der Waals surface area contributed by atoms with Crippen LogP contribution in [-0.2, 0) is 0 Å². The highest BCUT2D eigenvalue weighted by atomic mass is 32.2. The van der Waals surface area contributed by atoms with Crippen LogP contribution in [0.5, 0.6) is 0 Å². The fraction of sp³-hybridized carbons (Fsp3) is 0.0952. The first kappa shape index (κ1) is 31.9. The molecule has 0 saturated heterocycles. The SMILES string of the molecule is N[C@H](C(=O)c1ccc(Sc2ccc(C(=O)[C@@H](N)C(c3ccccc3)c3ccccc3)cc2)cc1)C(c1ccccc1)c1ccccc1. The summed E-state index contributed by atoms with van der Waals surface area (Å²) in [6.07, 6.45) is 0. The van der Waals surface area contributed by atoms with Gasteiger partial charge in [-0.15, -0.1) is 0 Å². The molecule has 0 heterocycles. The maximum atomic E-state index is 13.6. The van der Waals surface area contributed by atoms with Crippen molar-refractivity contribution in [3.05, 3.63) is 203 Å². The Kier molecular flexibility index (Phi) is 10.2. The zero-order chi connectivity index (χ0) is 32.6. The number of Topliss-reactive ketones (excluding diaryl/α,β-unsaturated/α-hetero) is 2. The summed E-state index contributed by atoms with van der Waals surface area (Å²) in [4.78, 5) is 29.2. The van der Waals surface area contributed by atoms with E-state index in [0.29, 0.717) is 11.1 Å². The minimum atomic E-state index is -0.738. The van der Waals surface area contributed by atoms with Gasteiger partial charge in [0, 0.05) is 32.8 Å². The van der Waals surface area contributed by atoms with Crippen molar-refractivity contribution >= 4 is 23.3 Å². The molecule has 0 fully saturated rings. The summed E-state index contributed by atoms with van der Waals surface area (Å²) < 4.78 is 0. The summed E-state index contributed by atoms with van der Waals surface area (Å²) in [5.41, 5.74) is 18.5. The van der Waals surface area contributed by atoms with E-state index in [1.54, 1.807) is 11.8 Å². The summed E-state index contributed by atoms with van der Waals surface area (Å²) >= 11 is 1.56. The number of carbonyl (C=O) groups excluding carboxylic acids is 2. The fourth-order valence-corrected chi connectivity index (χ4v) is 6.87. The molecule has 4 N–H and O–H groups in total. The maximum Gasteiger partial charge on any atom is 0.180 e. The number of hydrogen-bond donors (Lipinski definition) is 2. The van der Waals surface area contributed by atoms with E-state index in [1.165, 1.54) is 0 Å². The van der Waals surface area contributed by atoms with Crippen LogP contribution in [0.25, 0.3) is 0 Å². The zero-order valence-corrected chi connectivity index (χ0v) is 26.7. The van der Waals surface area contributed by atoms with E-state index >= 15 is 0 Å².